The fourth-order valence-corrected chi connectivity index (χ4v) is 3.96. The number of carbonyl (C=O) groups is 1. The van der Waals surface area contributed by atoms with Crippen molar-refractivity contribution >= 4 is 44.6 Å². The number of nitrogens with zero attached hydrogens (tertiary/aromatic N) is 2. The van der Waals surface area contributed by atoms with E-state index in [1.165, 1.54) is 0 Å². The highest BCUT2D eigenvalue weighted by atomic mass is 127. The molecule has 0 saturated carbocycles. The molecule has 2 aliphatic heterocycles. The van der Waals surface area contributed by atoms with Crippen molar-refractivity contribution in [1.82, 2.24) is 9.80 Å². The van der Waals surface area contributed by atoms with E-state index in [1.54, 1.807) is 4.90 Å². The first-order valence-electron chi connectivity index (χ1n) is 8.17. The van der Waals surface area contributed by atoms with Crippen molar-refractivity contribution in [1.29, 1.82) is 0 Å². The molecule has 1 atom stereocenters. The third-order valence-corrected chi connectivity index (χ3v) is 6.61. The molecule has 3 rings (SSSR count). The van der Waals surface area contributed by atoms with Gasteiger partial charge in [0.05, 0.1) is 10.5 Å². The van der Waals surface area contributed by atoms with Crippen molar-refractivity contribution in [3.63, 3.8) is 0 Å². The number of carbonyl (C=O) groups excluding carboxylic acids is 1. The fourth-order valence-electron chi connectivity index (χ4n) is 3.05. The van der Waals surface area contributed by atoms with Crippen LogP contribution in [0.15, 0.2) is 10.5 Å². The smallest absolute Gasteiger partial charge is 0.410 e. The first kappa shape index (κ1) is 19.2. The molecule has 25 heavy (non-hydrogen) atoms. The van der Waals surface area contributed by atoms with Gasteiger partial charge >= 0.3 is 6.09 Å². The molecule has 1 amide bonds. The molecule has 0 aromatic heterocycles. The van der Waals surface area contributed by atoms with Crippen LogP contribution in [-0.4, -0.2) is 53.8 Å². The molecule has 138 valence electrons. The van der Waals surface area contributed by atoms with Crippen LogP contribution in [-0.2, 0) is 11.3 Å². The number of halogens is 3. The van der Waals surface area contributed by atoms with Crippen LogP contribution in [0.1, 0.15) is 26.3 Å². The van der Waals surface area contributed by atoms with E-state index < -0.39 is 5.60 Å². The zero-order valence-corrected chi connectivity index (χ0v) is 18.2. The van der Waals surface area contributed by atoms with Crippen LogP contribution in [0, 0.1) is 9.39 Å². The summed E-state index contributed by atoms with van der Waals surface area (Å²) in [4.78, 5) is 16.3. The minimum absolute atomic E-state index is 0.0181. The molecule has 1 saturated heterocycles. The van der Waals surface area contributed by atoms with Crippen LogP contribution in [0.3, 0.4) is 0 Å². The van der Waals surface area contributed by atoms with Gasteiger partial charge in [0.15, 0.2) is 11.6 Å². The van der Waals surface area contributed by atoms with Gasteiger partial charge in [0.25, 0.3) is 0 Å². The number of fused-ring (bicyclic) bond motifs is 2. The molecular formula is C17H21BrFIN2O3. The predicted octanol–water partition coefficient (Wildman–Crippen LogP) is 4.01. The Bertz CT molecular complexity index is 695. The van der Waals surface area contributed by atoms with Crippen molar-refractivity contribution in [2.75, 3.05) is 26.2 Å². The lowest BCUT2D eigenvalue weighted by Crippen LogP contribution is -2.56. The lowest BCUT2D eigenvalue weighted by Gasteiger charge is -2.40. The Morgan fingerprint density at radius 1 is 1.44 bits per heavy atom. The molecule has 0 N–H and O–H groups in total. The van der Waals surface area contributed by atoms with E-state index in [-0.39, 0.29) is 18.0 Å². The summed E-state index contributed by atoms with van der Waals surface area (Å²) in [5.41, 5.74) is 0.328. The molecule has 2 heterocycles. The Labute approximate surface area is 169 Å². The molecule has 8 heteroatoms. The first-order valence-corrected chi connectivity index (χ1v) is 10.0. The molecule has 0 bridgehead atoms. The van der Waals surface area contributed by atoms with Crippen molar-refractivity contribution in [3.05, 3.63) is 25.5 Å². The van der Waals surface area contributed by atoms with Crippen LogP contribution < -0.4 is 4.74 Å². The monoisotopic (exact) mass is 526 g/mol. The lowest BCUT2D eigenvalue weighted by atomic mass is 10.1. The van der Waals surface area contributed by atoms with Crippen LogP contribution in [0.2, 0.25) is 0 Å². The zero-order valence-electron chi connectivity index (χ0n) is 14.4. The van der Waals surface area contributed by atoms with Crippen LogP contribution in [0.25, 0.3) is 0 Å². The second-order valence-corrected chi connectivity index (χ2v) is 9.29. The number of amides is 1. The highest BCUT2D eigenvalue weighted by Gasteiger charge is 2.35. The van der Waals surface area contributed by atoms with E-state index in [2.05, 4.69) is 43.4 Å². The average molecular weight is 527 g/mol. The Balaban J connectivity index is 1.75. The summed E-state index contributed by atoms with van der Waals surface area (Å²) in [7, 11) is 0. The van der Waals surface area contributed by atoms with Crippen molar-refractivity contribution in [3.8, 4) is 5.75 Å². The summed E-state index contributed by atoms with van der Waals surface area (Å²) in [6.07, 6.45) is -0.308. The van der Waals surface area contributed by atoms with Gasteiger partial charge in [0, 0.05) is 35.3 Å². The van der Waals surface area contributed by atoms with Gasteiger partial charge in [-0.15, -0.1) is 0 Å². The molecular weight excluding hydrogens is 506 g/mol. The second kappa shape index (κ2) is 7.19. The third kappa shape index (κ3) is 4.21. The summed E-state index contributed by atoms with van der Waals surface area (Å²) in [6, 6.07) is 1.97. The standard InChI is InChI=1S/C17H21BrFIN2O3/c1-17(2,3)25-16(23)22-5-4-21-7-10-6-12(20)13(18)14(19)15(10)24-9-11(21)8-22/h6,11H,4-5,7-9H2,1-3H3/t11-/m1/s1. The van der Waals surface area contributed by atoms with Gasteiger partial charge in [0.2, 0.25) is 0 Å². The van der Waals surface area contributed by atoms with E-state index in [4.69, 9.17) is 9.47 Å². The maximum absolute atomic E-state index is 14.5. The van der Waals surface area contributed by atoms with Gasteiger partial charge in [-0.25, -0.2) is 9.18 Å². The van der Waals surface area contributed by atoms with E-state index in [1.807, 2.05) is 26.8 Å². The van der Waals surface area contributed by atoms with Crippen LogP contribution in [0.5, 0.6) is 5.75 Å². The van der Waals surface area contributed by atoms with Gasteiger partial charge in [-0.2, -0.15) is 0 Å². The van der Waals surface area contributed by atoms with E-state index in [0.29, 0.717) is 43.0 Å². The van der Waals surface area contributed by atoms with Gasteiger partial charge in [-0.3, -0.25) is 4.90 Å². The quantitative estimate of drug-likeness (QED) is 0.378. The normalized spacial score (nSPS) is 21.0. The number of rotatable bonds is 0. The van der Waals surface area contributed by atoms with E-state index >= 15 is 0 Å². The molecule has 0 spiro atoms. The van der Waals surface area contributed by atoms with Gasteiger partial charge in [-0.05, 0) is 65.4 Å². The summed E-state index contributed by atoms with van der Waals surface area (Å²) < 4.78 is 27.0. The molecule has 1 aromatic rings. The summed E-state index contributed by atoms with van der Waals surface area (Å²) in [5, 5.41) is 0. The molecule has 1 aromatic carbocycles. The van der Waals surface area contributed by atoms with Crippen molar-refractivity contribution in [2.24, 2.45) is 0 Å². The Morgan fingerprint density at radius 3 is 2.84 bits per heavy atom. The third-order valence-electron chi connectivity index (χ3n) is 4.24. The summed E-state index contributed by atoms with van der Waals surface area (Å²) in [5.74, 6) is -0.0451. The van der Waals surface area contributed by atoms with E-state index in [0.717, 1.165) is 9.13 Å². The summed E-state index contributed by atoms with van der Waals surface area (Å²) >= 11 is 5.38. The molecule has 5 nitrogen and oxygen atoms in total. The second-order valence-electron chi connectivity index (χ2n) is 7.34. The maximum Gasteiger partial charge on any atom is 0.410 e. The highest BCUT2D eigenvalue weighted by molar-refractivity contribution is 14.1. The minimum Gasteiger partial charge on any atom is -0.488 e. The fraction of sp³-hybridized carbons (Fsp3) is 0.588. The minimum atomic E-state index is -0.517. The molecule has 2 aliphatic rings. The first-order chi connectivity index (χ1) is 11.7. The largest absolute Gasteiger partial charge is 0.488 e. The van der Waals surface area contributed by atoms with Gasteiger partial charge in [0.1, 0.15) is 12.2 Å². The number of hydrogen-bond donors (Lipinski definition) is 0. The number of piperazine rings is 1. The maximum atomic E-state index is 14.5. The number of ether oxygens (including phenoxy) is 2. The Morgan fingerprint density at radius 2 is 2.16 bits per heavy atom. The molecule has 1 fully saturated rings. The van der Waals surface area contributed by atoms with Crippen molar-refractivity contribution in [2.45, 2.75) is 39.0 Å². The van der Waals surface area contributed by atoms with Crippen LogP contribution in [0.4, 0.5) is 9.18 Å². The Hall–Kier alpha value is -0.610. The highest BCUT2D eigenvalue weighted by Crippen LogP contribution is 2.36. The SMILES string of the molecule is CC(C)(C)OC(=O)N1CCN2Cc3cc(I)c(Br)c(F)c3OC[C@H]2C1. The molecule has 0 radical (unpaired) electrons. The average Bonchev–Trinajstić information content (AvgIpc) is 2.69. The van der Waals surface area contributed by atoms with Crippen molar-refractivity contribution < 1.29 is 18.7 Å². The number of benzene rings is 1. The zero-order chi connectivity index (χ0) is 18.4. The van der Waals surface area contributed by atoms with E-state index in [9.17, 15) is 9.18 Å². The number of hydrogen-bond acceptors (Lipinski definition) is 4. The van der Waals surface area contributed by atoms with Gasteiger partial charge in [-0.1, -0.05) is 0 Å². The topological polar surface area (TPSA) is 42.0 Å². The molecule has 0 aliphatic carbocycles. The lowest BCUT2D eigenvalue weighted by molar-refractivity contribution is -0.00164. The Kier molecular flexibility index (Phi) is 5.51. The molecule has 0 unspecified atom stereocenters. The van der Waals surface area contributed by atoms with Gasteiger partial charge < -0.3 is 14.4 Å². The summed E-state index contributed by atoms with van der Waals surface area (Å²) in [6.45, 7) is 8.34. The van der Waals surface area contributed by atoms with Crippen LogP contribution >= 0.6 is 38.5 Å². The predicted molar refractivity (Wildman–Crippen MR) is 104 cm³/mol.